The van der Waals surface area contributed by atoms with Crippen molar-refractivity contribution in [3.8, 4) is 0 Å². The molecule has 1 aromatic heterocycles. The summed E-state index contributed by atoms with van der Waals surface area (Å²) in [5, 5.41) is 8.01. The highest BCUT2D eigenvalue weighted by Gasteiger charge is 2.26. The van der Waals surface area contributed by atoms with E-state index in [1.54, 1.807) is 0 Å². The number of thioether (sulfide) groups is 1. The maximum Gasteiger partial charge on any atom is 0.211 e. The Hall–Kier alpha value is -0.530. The number of nitrogens with one attached hydrogen (secondary N) is 1. The first kappa shape index (κ1) is 11.0. The summed E-state index contributed by atoms with van der Waals surface area (Å²) in [5.74, 6) is 0. The first-order valence-electron chi connectivity index (χ1n) is 4.57. The topological polar surface area (TPSA) is 66.1 Å². The molecule has 0 bridgehead atoms. The van der Waals surface area contributed by atoms with E-state index in [1.807, 2.05) is 6.26 Å². The number of hydrogen-bond donors (Lipinski definition) is 1. The van der Waals surface area contributed by atoms with Gasteiger partial charge in [0.1, 0.15) is 5.03 Å². The number of nitrogens with zero attached hydrogens (tertiary/aromatic N) is 2. The predicted molar refractivity (Wildman–Crippen MR) is 59.3 cm³/mol. The van der Waals surface area contributed by atoms with Gasteiger partial charge in [0.25, 0.3) is 0 Å². The van der Waals surface area contributed by atoms with Gasteiger partial charge in [0.05, 0.1) is 6.26 Å². The summed E-state index contributed by atoms with van der Waals surface area (Å²) in [5.41, 5.74) is 2.10. The standard InChI is InChI=1S/C8H13N3O2S2/c1-14-8-6-5-11(15(2,12)13)4-3-7(6)9-10-8/h3-5H2,1-2H3,(H,9,10). The van der Waals surface area contributed by atoms with Crippen molar-refractivity contribution >= 4 is 21.8 Å². The first-order valence-corrected chi connectivity index (χ1v) is 7.65. The van der Waals surface area contributed by atoms with Gasteiger partial charge < -0.3 is 0 Å². The Morgan fingerprint density at radius 2 is 2.27 bits per heavy atom. The summed E-state index contributed by atoms with van der Waals surface area (Å²) in [6, 6.07) is 0. The number of fused-ring (bicyclic) bond motifs is 1. The van der Waals surface area contributed by atoms with E-state index in [-0.39, 0.29) is 0 Å². The van der Waals surface area contributed by atoms with E-state index in [4.69, 9.17) is 0 Å². The van der Waals surface area contributed by atoms with Crippen LogP contribution in [0.2, 0.25) is 0 Å². The third-order valence-electron chi connectivity index (χ3n) is 2.52. The molecule has 0 spiro atoms. The lowest BCUT2D eigenvalue weighted by Crippen LogP contribution is -2.35. The number of aromatic amines is 1. The quantitative estimate of drug-likeness (QED) is 0.771. The van der Waals surface area contributed by atoms with Crippen molar-refractivity contribution in [2.45, 2.75) is 18.0 Å². The second-order valence-corrected chi connectivity index (χ2v) is 6.31. The van der Waals surface area contributed by atoms with Gasteiger partial charge in [-0.15, -0.1) is 11.8 Å². The third kappa shape index (κ3) is 2.04. The molecule has 0 amide bonds. The number of aromatic nitrogens is 2. The second-order valence-electron chi connectivity index (χ2n) is 3.54. The summed E-state index contributed by atoms with van der Waals surface area (Å²) < 4.78 is 24.3. The molecule has 1 aliphatic heterocycles. The minimum Gasteiger partial charge on any atom is -0.281 e. The van der Waals surface area contributed by atoms with Crippen LogP contribution in [0, 0.1) is 0 Å². The van der Waals surface area contributed by atoms with Gasteiger partial charge >= 0.3 is 0 Å². The van der Waals surface area contributed by atoms with Gasteiger partial charge in [0, 0.05) is 30.8 Å². The number of rotatable bonds is 2. The molecule has 84 valence electrons. The second kappa shape index (κ2) is 3.80. The molecule has 7 heteroatoms. The van der Waals surface area contributed by atoms with Crippen molar-refractivity contribution in [1.82, 2.24) is 14.5 Å². The van der Waals surface area contributed by atoms with Gasteiger partial charge in [-0.3, -0.25) is 5.10 Å². The zero-order chi connectivity index (χ0) is 11.1. The molecule has 0 atom stereocenters. The molecule has 1 N–H and O–H groups in total. The Kier molecular flexibility index (Phi) is 2.78. The van der Waals surface area contributed by atoms with Gasteiger partial charge in [-0.1, -0.05) is 0 Å². The van der Waals surface area contributed by atoms with Crippen LogP contribution in [0.3, 0.4) is 0 Å². The van der Waals surface area contributed by atoms with Crippen LogP contribution in [-0.2, 0) is 23.0 Å². The predicted octanol–water partition coefficient (Wildman–Crippen LogP) is 0.449. The van der Waals surface area contributed by atoms with Crippen LogP contribution in [0.1, 0.15) is 11.3 Å². The normalized spacial score (nSPS) is 17.7. The summed E-state index contributed by atoms with van der Waals surface area (Å²) >= 11 is 1.54. The maximum atomic E-state index is 11.4. The molecule has 0 radical (unpaired) electrons. The highest BCUT2D eigenvalue weighted by atomic mass is 32.2. The fourth-order valence-electron chi connectivity index (χ4n) is 1.70. The first-order chi connectivity index (χ1) is 7.02. The van der Waals surface area contributed by atoms with E-state index in [1.165, 1.54) is 22.3 Å². The molecule has 0 aromatic carbocycles. The molecule has 0 saturated heterocycles. The Morgan fingerprint density at radius 3 is 2.87 bits per heavy atom. The highest BCUT2D eigenvalue weighted by molar-refractivity contribution is 7.98. The van der Waals surface area contributed by atoms with E-state index in [0.29, 0.717) is 13.1 Å². The summed E-state index contributed by atoms with van der Waals surface area (Å²) in [4.78, 5) is 0. The number of hydrogen-bond acceptors (Lipinski definition) is 4. The van der Waals surface area contributed by atoms with Crippen molar-refractivity contribution < 1.29 is 8.42 Å². The Balaban J connectivity index is 2.32. The largest absolute Gasteiger partial charge is 0.281 e. The van der Waals surface area contributed by atoms with Gasteiger partial charge in [-0.2, -0.15) is 9.40 Å². The van der Waals surface area contributed by atoms with Crippen LogP contribution in [0.15, 0.2) is 5.03 Å². The summed E-state index contributed by atoms with van der Waals surface area (Å²) in [6.07, 6.45) is 3.91. The van der Waals surface area contributed by atoms with Gasteiger partial charge in [0.15, 0.2) is 0 Å². The maximum absolute atomic E-state index is 11.4. The molecule has 5 nitrogen and oxygen atoms in total. The van der Waals surface area contributed by atoms with Crippen LogP contribution in [-0.4, -0.2) is 42.0 Å². The van der Waals surface area contributed by atoms with Crippen molar-refractivity contribution in [3.63, 3.8) is 0 Å². The fourth-order valence-corrected chi connectivity index (χ4v) is 3.05. The molecule has 0 aliphatic carbocycles. The van der Waals surface area contributed by atoms with Crippen LogP contribution in [0.25, 0.3) is 0 Å². The Labute approximate surface area is 93.3 Å². The van der Waals surface area contributed by atoms with Crippen molar-refractivity contribution in [2.24, 2.45) is 0 Å². The van der Waals surface area contributed by atoms with Crippen molar-refractivity contribution in [3.05, 3.63) is 11.3 Å². The SMILES string of the molecule is CSc1n[nH]c2c1CN(S(C)(=O)=O)CC2. The molecule has 2 rings (SSSR count). The Morgan fingerprint density at radius 1 is 1.53 bits per heavy atom. The molecular formula is C8H13N3O2S2. The van der Waals surface area contributed by atoms with Crippen LogP contribution in [0.5, 0.6) is 0 Å². The van der Waals surface area contributed by atoms with Crippen LogP contribution < -0.4 is 0 Å². The fraction of sp³-hybridized carbons (Fsp3) is 0.625. The van der Waals surface area contributed by atoms with E-state index in [9.17, 15) is 8.42 Å². The van der Waals surface area contributed by atoms with Gasteiger partial charge in [-0.25, -0.2) is 8.42 Å². The minimum atomic E-state index is -3.09. The third-order valence-corrected chi connectivity index (χ3v) is 4.50. The van der Waals surface area contributed by atoms with Crippen molar-refractivity contribution in [1.29, 1.82) is 0 Å². The molecule has 0 unspecified atom stereocenters. The molecule has 0 saturated carbocycles. The lowest BCUT2D eigenvalue weighted by Gasteiger charge is -2.24. The van der Waals surface area contributed by atoms with Crippen LogP contribution >= 0.6 is 11.8 Å². The molecule has 0 fully saturated rings. The molecule has 1 aliphatic rings. The molecule has 1 aromatic rings. The zero-order valence-electron chi connectivity index (χ0n) is 8.65. The number of sulfonamides is 1. The van der Waals surface area contributed by atoms with Gasteiger partial charge in [-0.05, 0) is 6.26 Å². The lowest BCUT2D eigenvalue weighted by molar-refractivity contribution is 0.391. The van der Waals surface area contributed by atoms with E-state index < -0.39 is 10.0 Å². The monoisotopic (exact) mass is 247 g/mol. The van der Waals surface area contributed by atoms with Gasteiger partial charge in [0.2, 0.25) is 10.0 Å². The van der Waals surface area contributed by atoms with E-state index in [2.05, 4.69) is 10.2 Å². The average molecular weight is 247 g/mol. The lowest BCUT2D eigenvalue weighted by atomic mass is 10.1. The van der Waals surface area contributed by atoms with E-state index >= 15 is 0 Å². The highest BCUT2D eigenvalue weighted by Crippen LogP contribution is 2.26. The zero-order valence-corrected chi connectivity index (χ0v) is 10.3. The summed E-state index contributed by atoms with van der Waals surface area (Å²) in [7, 11) is -3.09. The smallest absolute Gasteiger partial charge is 0.211 e. The van der Waals surface area contributed by atoms with Crippen LogP contribution in [0.4, 0.5) is 0 Å². The Bertz CT molecular complexity index is 453. The number of H-pyrrole nitrogens is 1. The molecular weight excluding hydrogens is 234 g/mol. The van der Waals surface area contributed by atoms with E-state index in [0.717, 1.165) is 22.7 Å². The minimum absolute atomic E-state index is 0.445. The summed E-state index contributed by atoms with van der Waals surface area (Å²) in [6.45, 7) is 0.989. The molecule has 15 heavy (non-hydrogen) atoms. The van der Waals surface area contributed by atoms with Crippen molar-refractivity contribution in [2.75, 3.05) is 19.1 Å². The molecule has 2 heterocycles. The average Bonchev–Trinajstić information content (AvgIpc) is 2.57.